The van der Waals surface area contributed by atoms with E-state index in [9.17, 15) is 4.79 Å². The van der Waals surface area contributed by atoms with E-state index < -0.39 is 0 Å². The van der Waals surface area contributed by atoms with Gasteiger partial charge in [-0.3, -0.25) is 4.79 Å². The molecule has 0 spiro atoms. The first-order chi connectivity index (χ1) is 13.6. The summed E-state index contributed by atoms with van der Waals surface area (Å²) in [6, 6.07) is 13.1. The highest BCUT2D eigenvalue weighted by atomic mass is 35.5. The van der Waals surface area contributed by atoms with Crippen molar-refractivity contribution in [3.05, 3.63) is 58.6 Å². The number of rotatable bonds is 7. The molecule has 1 unspecified atom stereocenters. The molecule has 2 aromatic carbocycles. The van der Waals surface area contributed by atoms with E-state index in [0.717, 1.165) is 24.0 Å². The fraction of sp³-hybridized carbons (Fsp3) is 0.333. The lowest BCUT2D eigenvalue weighted by atomic mass is 10.0. The molecule has 0 saturated heterocycles. The van der Waals surface area contributed by atoms with Crippen molar-refractivity contribution >= 4 is 23.2 Å². The zero-order valence-corrected chi connectivity index (χ0v) is 16.2. The van der Waals surface area contributed by atoms with Crippen LogP contribution in [0.4, 0.5) is 0 Å². The Morgan fingerprint density at radius 2 is 1.96 bits per heavy atom. The van der Waals surface area contributed by atoms with Crippen molar-refractivity contribution < 1.29 is 19.1 Å². The van der Waals surface area contributed by atoms with Gasteiger partial charge >= 0.3 is 0 Å². The molecule has 0 aromatic heterocycles. The number of nitrogens with one attached hydrogen (secondary N) is 1. The topological polar surface area (TPSA) is 69.2 Å². The molecule has 0 radical (unpaired) electrons. The number of amides is 1. The molecule has 1 fully saturated rings. The van der Waals surface area contributed by atoms with E-state index in [1.165, 1.54) is 0 Å². The van der Waals surface area contributed by atoms with Crippen LogP contribution in [0.1, 0.15) is 36.9 Å². The van der Waals surface area contributed by atoms with Crippen molar-refractivity contribution in [3.63, 3.8) is 0 Å². The molecule has 1 aliphatic carbocycles. The average Bonchev–Trinajstić information content (AvgIpc) is 3.43. The lowest BCUT2D eigenvalue weighted by Crippen LogP contribution is -2.32. The molecule has 1 aliphatic heterocycles. The summed E-state index contributed by atoms with van der Waals surface area (Å²) in [6.07, 6.45) is 2.21. The van der Waals surface area contributed by atoms with Crippen molar-refractivity contribution in [1.29, 1.82) is 0 Å². The molecule has 2 aliphatic rings. The first kappa shape index (κ1) is 18.6. The molecular formula is C21H21ClN2O4. The summed E-state index contributed by atoms with van der Waals surface area (Å²) >= 11 is 5.96. The number of carbonyl (C=O) groups is 1. The maximum Gasteiger partial charge on any atom is 0.261 e. The molecule has 6 nitrogen and oxygen atoms in total. The predicted molar refractivity (Wildman–Crippen MR) is 106 cm³/mol. The van der Waals surface area contributed by atoms with Gasteiger partial charge in [0, 0.05) is 10.6 Å². The van der Waals surface area contributed by atoms with Crippen LogP contribution in [0.25, 0.3) is 0 Å². The Morgan fingerprint density at radius 1 is 1.21 bits per heavy atom. The highest BCUT2D eigenvalue weighted by molar-refractivity contribution is 6.30. The second-order valence-corrected chi connectivity index (χ2v) is 7.39. The third-order valence-corrected chi connectivity index (χ3v) is 5.08. The van der Waals surface area contributed by atoms with E-state index in [-0.39, 0.29) is 25.3 Å². The highest BCUT2D eigenvalue weighted by Gasteiger charge is 2.33. The van der Waals surface area contributed by atoms with Gasteiger partial charge in [0.25, 0.3) is 5.91 Å². The summed E-state index contributed by atoms with van der Waals surface area (Å²) in [7, 11) is 0. The first-order valence-electron chi connectivity index (χ1n) is 9.21. The molecular weight excluding hydrogens is 380 g/mol. The summed E-state index contributed by atoms with van der Waals surface area (Å²) in [5.74, 6) is 1.66. The fourth-order valence-corrected chi connectivity index (χ4v) is 3.28. The van der Waals surface area contributed by atoms with Crippen molar-refractivity contribution in [2.75, 3.05) is 13.4 Å². The van der Waals surface area contributed by atoms with Crippen molar-refractivity contribution in [2.24, 2.45) is 11.1 Å². The van der Waals surface area contributed by atoms with Crippen LogP contribution in [-0.4, -0.2) is 25.0 Å². The molecule has 146 valence electrons. The Morgan fingerprint density at radius 3 is 2.71 bits per heavy atom. The number of fused-ring (bicyclic) bond motifs is 1. The maximum absolute atomic E-state index is 12.3. The SMILES string of the molecule is CC(=NOCC(=O)NC(c1ccc(Cl)cc1)C1CC1)c1ccc2c(c1)OCO2. The summed E-state index contributed by atoms with van der Waals surface area (Å²) in [5, 5.41) is 7.79. The summed E-state index contributed by atoms with van der Waals surface area (Å²) in [4.78, 5) is 17.6. The first-order valence-corrected chi connectivity index (χ1v) is 9.59. The van der Waals surface area contributed by atoms with E-state index >= 15 is 0 Å². The maximum atomic E-state index is 12.3. The van der Waals surface area contributed by atoms with Gasteiger partial charge in [0.1, 0.15) is 0 Å². The van der Waals surface area contributed by atoms with Gasteiger partial charge in [-0.05, 0) is 61.6 Å². The molecule has 4 rings (SSSR count). The third kappa shape index (κ3) is 4.39. The number of hydrogen-bond donors (Lipinski definition) is 1. The van der Waals surface area contributed by atoms with Crippen LogP contribution in [0.15, 0.2) is 47.6 Å². The van der Waals surface area contributed by atoms with Gasteiger partial charge in [-0.15, -0.1) is 0 Å². The number of hydrogen-bond acceptors (Lipinski definition) is 5. The van der Waals surface area contributed by atoms with E-state index in [4.69, 9.17) is 25.9 Å². The largest absolute Gasteiger partial charge is 0.454 e. The van der Waals surface area contributed by atoms with E-state index in [1.54, 1.807) is 0 Å². The normalized spacial score (nSPS) is 16.6. The monoisotopic (exact) mass is 400 g/mol. The molecule has 1 amide bonds. The number of oxime groups is 1. The zero-order chi connectivity index (χ0) is 19.5. The molecule has 1 saturated carbocycles. The van der Waals surface area contributed by atoms with E-state index in [0.29, 0.717) is 28.2 Å². The molecule has 1 atom stereocenters. The molecule has 28 heavy (non-hydrogen) atoms. The quantitative estimate of drug-likeness (QED) is 0.561. The summed E-state index contributed by atoms with van der Waals surface area (Å²) < 4.78 is 10.7. The van der Waals surface area contributed by atoms with E-state index in [1.807, 2.05) is 49.4 Å². The van der Waals surface area contributed by atoms with Gasteiger partial charge in [0.15, 0.2) is 18.1 Å². The van der Waals surface area contributed by atoms with Crippen LogP contribution in [0.5, 0.6) is 11.5 Å². The van der Waals surface area contributed by atoms with Gasteiger partial charge in [-0.1, -0.05) is 28.9 Å². The number of nitrogens with zero attached hydrogens (tertiary/aromatic N) is 1. The highest BCUT2D eigenvalue weighted by Crippen LogP contribution is 2.41. The van der Waals surface area contributed by atoms with Gasteiger partial charge in [0.05, 0.1) is 11.8 Å². The van der Waals surface area contributed by atoms with Crippen LogP contribution in [0.3, 0.4) is 0 Å². The summed E-state index contributed by atoms with van der Waals surface area (Å²) in [5.41, 5.74) is 2.56. The van der Waals surface area contributed by atoms with Gasteiger partial charge < -0.3 is 19.6 Å². The fourth-order valence-electron chi connectivity index (χ4n) is 3.15. The number of carbonyl (C=O) groups excluding carboxylic acids is 1. The van der Waals surface area contributed by atoms with E-state index in [2.05, 4.69) is 10.5 Å². The molecule has 7 heteroatoms. The minimum absolute atomic E-state index is 0.0210. The second-order valence-electron chi connectivity index (χ2n) is 6.95. The number of halogens is 1. The predicted octanol–water partition coefficient (Wildman–Crippen LogP) is 4.08. The standard InChI is InChI=1S/C21H21ClN2O4/c1-13(16-6-9-18-19(10-16)27-12-26-18)24-28-11-20(25)23-21(14-2-3-14)15-4-7-17(22)8-5-15/h4-10,14,21H,2-3,11-12H2,1H3,(H,23,25). The third-order valence-electron chi connectivity index (χ3n) is 4.83. The Kier molecular flexibility index (Phi) is 5.39. The van der Waals surface area contributed by atoms with Crippen molar-refractivity contribution in [1.82, 2.24) is 5.32 Å². The Labute approximate surface area is 168 Å². The number of ether oxygens (including phenoxy) is 2. The van der Waals surface area contributed by atoms with Gasteiger partial charge in [-0.2, -0.15) is 0 Å². The lowest BCUT2D eigenvalue weighted by Gasteiger charge is -2.18. The minimum atomic E-state index is -0.200. The smallest absolute Gasteiger partial charge is 0.261 e. The molecule has 0 bridgehead atoms. The van der Waals surface area contributed by atoms with Crippen LogP contribution >= 0.6 is 11.6 Å². The second kappa shape index (κ2) is 8.10. The zero-order valence-electron chi connectivity index (χ0n) is 15.5. The molecule has 1 N–H and O–H groups in total. The number of benzene rings is 2. The van der Waals surface area contributed by atoms with Crippen LogP contribution in [0.2, 0.25) is 5.02 Å². The van der Waals surface area contributed by atoms with Crippen molar-refractivity contribution in [3.8, 4) is 11.5 Å². The van der Waals surface area contributed by atoms with Gasteiger partial charge in [-0.25, -0.2) is 0 Å². The van der Waals surface area contributed by atoms with Crippen molar-refractivity contribution in [2.45, 2.75) is 25.8 Å². The van der Waals surface area contributed by atoms with Crippen LogP contribution < -0.4 is 14.8 Å². The minimum Gasteiger partial charge on any atom is -0.454 e. The Balaban J connectivity index is 1.33. The van der Waals surface area contributed by atoms with Gasteiger partial charge in [0.2, 0.25) is 6.79 Å². The molecule has 1 heterocycles. The van der Waals surface area contributed by atoms with Crippen LogP contribution in [0, 0.1) is 5.92 Å². The molecule has 2 aromatic rings. The Hall–Kier alpha value is -2.73. The Bertz CT molecular complexity index is 894. The lowest BCUT2D eigenvalue weighted by molar-refractivity contribution is -0.126. The average molecular weight is 401 g/mol. The van der Waals surface area contributed by atoms with Crippen LogP contribution in [-0.2, 0) is 9.63 Å². The summed E-state index contributed by atoms with van der Waals surface area (Å²) in [6.45, 7) is 1.90.